The predicted molar refractivity (Wildman–Crippen MR) is 174 cm³/mol. The molecular weight excluding hydrogens is 622 g/mol. The van der Waals surface area contributed by atoms with E-state index in [0.29, 0.717) is 17.5 Å². The number of ketones is 1. The third kappa shape index (κ3) is 9.99. The molecule has 2 aliphatic rings. The van der Waals surface area contributed by atoms with Crippen LogP contribution in [-0.4, -0.2) is 80.9 Å². The molecule has 2 aromatic carbocycles. The number of carbonyl (C=O) groups is 4. The number of hydrogen-bond donors (Lipinski definition) is 1. The molecule has 12 heteroatoms. The molecule has 4 rings (SSSR count). The molecule has 48 heavy (non-hydrogen) atoms. The van der Waals surface area contributed by atoms with Crippen LogP contribution in [0, 0.1) is 5.92 Å². The Morgan fingerprint density at radius 1 is 1.02 bits per heavy atom. The van der Waals surface area contributed by atoms with Crippen LogP contribution in [0.25, 0.3) is 6.08 Å². The summed E-state index contributed by atoms with van der Waals surface area (Å²) in [6, 6.07) is 11.8. The molecule has 1 N–H and O–H groups in total. The largest absolute Gasteiger partial charge is 0.486 e. The van der Waals surface area contributed by atoms with Gasteiger partial charge in [-0.3, -0.25) is 9.59 Å². The van der Waals surface area contributed by atoms with Crippen LogP contribution in [0.4, 0.5) is 0 Å². The van der Waals surface area contributed by atoms with Crippen LogP contribution < -0.4 is 14.8 Å². The summed E-state index contributed by atoms with van der Waals surface area (Å²) in [7, 11) is 1.44. The molecule has 1 saturated heterocycles. The number of methoxy groups -OCH3 is 1. The minimum atomic E-state index is -0.968. The van der Waals surface area contributed by atoms with E-state index in [4.69, 9.17) is 33.2 Å². The molecule has 1 amide bonds. The molecule has 0 aromatic heterocycles. The van der Waals surface area contributed by atoms with Crippen molar-refractivity contribution in [3.8, 4) is 11.5 Å². The Labute approximate surface area is 280 Å². The van der Waals surface area contributed by atoms with Gasteiger partial charge in [0.15, 0.2) is 18.4 Å². The molecule has 5 atom stereocenters. The minimum Gasteiger partial charge on any atom is -0.486 e. The van der Waals surface area contributed by atoms with E-state index in [-0.39, 0.29) is 54.6 Å². The van der Waals surface area contributed by atoms with Crippen molar-refractivity contribution in [3.63, 3.8) is 0 Å². The average molecular weight is 666 g/mol. The molecule has 0 aliphatic carbocycles. The number of carbonyl (C=O) groups excluding carboxylic acids is 4. The number of benzene rings is 2. The van der Waals surface area contributed by atoms with Gasteiger partial charge in [0.2, 0.25) is 5.91 Å². The Kier molecular flexibility index (Phi) is 12.5. The first kappa shape index (κ1) is 36.3. The normalized spacial score (nSPS) is 24.2. The first-order chi connectivity index (χ1) is 22.9. The van der Waals surface area contributed by atoms with Crippen molar-refractivity contribution in [2.75, 3.05) is 27.1 Å². The van der Waals surface area contributed by atoms with Crippen LogP contribution in [0.3, 0.4) is 0 Å². The first-order valence-electron chi connectivity index (χ1n) is 15.7. The van der Waals surface area contributed by atoms with Gasteiger partial charge in [-0.2, -0.15) is 0 Å². The van der Waals surface area contributed by atoms with Crippen LogP contribution in [0.2, 0.25) is 0 Å². The fourth-order valence-electron chi connectivity index (χ4n) is 5.13. The van der Waals surface area contributed by atoms with Gasteiger partial charge in [0.1, 0.15) is 42.0 Å². The van der Waals surface area contributed by atoms with Crippen molar-refractivity contribution in [1.29, 1.82) is 0 Å². The summed E-state index contributed by atoms with van der Waals surface area (Å²) in [6.45, 7) is 7.85. The van der Waals surface area contributed by atoms with E-state index >= 15 is 0 Å². The summed E-state index contributed by atoms with van der Waals surface area (Å²) in [5.74, 6) is -2.75. The topological polar surface area (TPSA) is 145 Å². The molecule has 0 radical (unpaired) electrons. The lowest BCUT2D eigenvalue weighted by Crippen LogP contribution is -2.37. The maximum atomic E-state index is 13.7. The van der Waals surface area contributed by atoms with Crippen molar-refractivity contribution in [2.24, 2.45) is 5.92 Å². The monoisotopic (exact) mass is 665 g/mol. The summed E-state index contributed by atoms with van der Waals surface area (Å²) < 4.78 is 41.1. The van der Waals surface area contributed by atoms with Crippen LogP contribution in [0.5, 0.6) is 11.5 Å². The third-order valence-corrected chi connectivity index (χ3v) is 7.68. The van der Waals surface area contributed by atoms with Gasteiger partial charge in [-0.25, -0.2) is 9.59 Å². The van der Waals surface area contributed by atoms with E-state index < -0.39 is 42.1 Å². The Balaban J connectivity index is 1.71. The highest BCUT2D eigenvalue weighted by Gasteiger charge is 2.45. The summed E-state index contributed by atoms with van der Waals surface area (Å²) in [4.78, 5) is 50.4. The Bertz CT molecular complexity index is 1520. The molecule has 1 fully saturated rings. The summed E-state index contributed by atoms with van der Waals surface area (Å²) in [6.07, 6.45) is 4.79. The molecule has 0 spiro atoms. The van der Waals surface area contributed by atoms with Gasteiger partial charge >= 0.3 is 11.9 Å². The van der Waals surface area contributed by atoms with Crippen molar-refractivity contribution < 1.29 is 52.3 Å². The molecule has 4 unspecified atom stereocenters. The summed E-state index contributed by atoms with van der Waals surface area (Å²) >= 11 is 0. The zero-order valence-corrected chi connectivity index (χ0v) is 28.1. The number of nitrogens with one attached hydrogen (secondary N) is 1. The van der Waals surface area contributed by atoms with E-state index in [1.807, 2.05) is 19.1 Å². The van der Waals surface area contributed by atoms with Crippen molar-refractivity contribution in [3.05, 3.63) is 77.4 Å². The van der Waals surface area contributed by atoms with Crippen molar-refractivity contribution in [1.82, 2.24) is 5.32 Å². The van der Waals surface area contributed by atoms with Gasteiger partial charge in [0.05, 0.1) is 18.2 Å². The standard InChI is InChI=1S/C36H43NO11/c1-22-15-16-29(46-34(40)25-11-8-7-9-12-25)33-30(47-36(4,5)48-33)14-10-13-26-17-28(43-20-27(39)19-37-24(3)38)18-31(44-21-42-6)32(26)35(41)45-23(22)2/h7-13,15-18,22-23,29-30,33H,14,19-21H2,1-6H3,(H,37,38)/b13-10?,16-15-/t22-,23?,29?,30?,33?/m1/s1. The van der Waals surface area contributed by atoms with Gasteiger partial charge in [-0.05, 0) is 57.0 Å². The molecule has 2 aliphatic heterocycles. The number of Topliss-reactive ketones (excluding diaryl/α,β-unsaturated/α-hetero) is 1. The maximum absolute atomic E-state index is 13.7. The average Bonchev–Trinajstić information content (AvgIpc) is 3.36. The highest BCUT2D eigenvalue weighted by Crippen LogP contribution is 2.36. The lowest BCUT2D eigenvalue weighted by atomic mass is 9.98. The summed E-state index contributed by atoms with van der Waals surface area (Å²) in [5.41, 5.74) is 0.927. The number of hydrogen-bond acceptors (Lipinski definition) is 11. The molecule has 0 bridgehead atoms. The van der Waals surface area contributed by atoms with Gasteiger partial charge in [0, 0.05) is 26.0 Å². The van der Waals surface area contributed by atoms with E-state index in [1.165, 1.54) is 20.1 Å². The Morgan fingerprint density at radius 2 is 1.77 bits per heavy atom. The Hall–Kier alpha value is -4.52. The number of esters is 2. The van der Waals surface area contributed by atoms with Crippen LogP contribution >= 0.6 is 0 Å². The highest BCUT2D eigenvalue weighted by atomic mass is 16.8. The lowest BCUT2D eigenvalue weighted by Gasteiger charge is -2.25. The van der Waals surface area contributed by atoms with Crippen molar-refractivity contribution >= 4 is 29.7 Å². The predicted octanol–water partition coefficient (Wildman–Crippen LogP) is 4.65. The zero-order valence-electron chi connectivity index (χ0n) is 28.1. The van der Waals surface area contributed by atoms with Gasteiger partial charge in [-0.1, -0.05) is 43.4 Å². The molecule has 2 aromatic rings. The quantitative estimate of drug-likeness (QED) is 0.215. The second-order valence-corrected chi connectivity index (χ2v) is 12.0. The molecular formula is C36H43NO11. The van der Waals surface area contributed by atoms with Crippen LogP contribution in [0.1, 0.15) is 67.3 Å². The number of cyclic esters (lactones) is 1. The number of rotatable bonds is 10. The number of fused-ring (bicyclic) bond motifs is 2. The van der Waals surface area contributed by atoms with E-state index in [1.54, 1.807) is 69.3 Å². The van der Waals surface area contributed by atoms with E-state index in [0.717, 1.165) is 0 Å². The fraction of sp³-hybridized carbons (Fsp3) is 0.444. The second-order valence-electron chi connectivity index (χ2n) is 12.0. The van der Waals surface area contributed by atoms with Crippen LogP contribution in [-0.2, 0) is 33.3 Å². The van der Waals surface area contributed by atoms with Gasteiger partial charge in [0.25, 0.3) is 0 Å². The number of ether oxygens (including phenoxy) is 7. The van der Waals surface area contributed by atoms with Crippen molar-refractivity contribution in [2.45, 2.75) is 71.2 Å². The van der Waals surface area contributed by atoms with Crippen LogP contribution in [0.15, 0.2) is 60.7 Å². The molecule has 12 nitrogen and oxygen atoms in total. The summed E-state index contributed by atoms with van der Waals surface area (Å²) in [5, 5.41) is 2.44. The third-order valence-electron chi connectivity index (χ3n) is 7.68. The van der Waals surface area contributed by atoms with Gasteiger partial charge in [-0.15, -0.1) is 0 Å². The lowest BCUT2D eigenvalue weighted by molar-refractivity contribution is -0.152. The fourth-order valence-corrected chi connectivity index (χ4v) is 5.13. The smallest absolute Gasteiger partial charge is 0.342 e. The van der Waals surface area contributed by atoms with E-state index in [9.17, 15) is 19.2 Å². The Morgan fingerprint density at radius 3 is 2.48 bits per heavy atom. The zero-order chi connectivity index (χ0) is 34.8. The van der Waals surface area contributed by atoms with Gasteiger partial charge < -0.3 is 38.5 Å². The maximum Gasteiger partial charge on any atom is 0.342 e. The molecule has 258 valence electrons. The molecule has 0 saturated carbocycles. The minimum absolute atomic E-state index is 0.128. The molecule has 2 heterocycles. The SMILES string of the molecule is COCOc1cc(OCC(=O)CNC(C)=O)cc2c1C(=O)OC(C)[C@H](C)/C=C\C(OC(=O)c1ccccc1)C1OC(C)(C)OC1CC=C2. The highest BCUT2D eigenvalue weighted by molar-refractivity contribution is 5.97. The van der Waals surface area contributed by atoms with E-state index in [2.05, 4.69) is 5.32 Å². The number of amides is 1. The first-order valence-corrected chi connectivity index (χ1v) is 15.7. The second kappa shape index (κ2) is 16.5.